The fourth-order valence-corrected chi connectivity index (χ4v) is 3.40. The SMILES string of the molecule is O=C(Cl)C(Cc1ccccc1)NS(=O)(=O)c1ccc(Cl)cc1. The van der Waals surface area contributed by atoms with Crippen LogP contribution in [-0.2, 0) is 21.2 Å². The molecule has 0 spiro atoms. The standard InChI is InChI=1S/C15H13Cl2NO3S/c16-12-6-8-13(9-7-12)22(20,21)18-14(15(17)19)10-11-4-2-1-3-5-11/h1-9,14,18H,10H2. The summed E-state index contributed by atoms with van der Waals surface area (Å²) in [5, 5.41) is -0.338. The van der Waals surface area contributed by atoms with Crippen LogP contribution >= 0.6 is 23.2 Å². The van der Waals surface area contributed by atoms with E-state index in [4.69, 9.17) is 23.2 Å². The van der Waals surface area contributed by atoms with E-state index in [1.807, 2.05) is 6.07 Å². The van der Waals surface area contributed by atoms with Gasteiger partial charge in [-0.2, -0.15) is 4.72 Å². The molecule has 0 aromatic heterocycles. The van der Waals surface area contributed by atoms with Gasteiger partial charge in [0, 0.05) is 5.02 Å². The predicted octanol–water partition coefficient (Wildman–Crippen LogP) is 3.00. The normalized spacial score (nSPS) is 12.8. The molecule has 1 atom stereocenters. The quantitative estimate of drug-likeness (QED) is 0.808. The number of benzene rings is 2. The lowest BCUT2D eigenvalue weighted by Crippen LogP contribution is -2.40. The average molecular weight is 358 g/mol. The molecule has 2 rings (SSSR count). The highest BCUT2D eigenvalue weighted by Crippen LogP contribution is 2.15. The molecule has 0 radical (unpaired) electrons. The molecule has 1 unspecified atom stereocenters. The molecule has 2 aromatic rings. The average Bonchev–Trinajstić information content (AvgIpc) is 2.48. The number of halogens is 2. The molecule has 0 heterocycles. The third-order valence-electron chi connectivity index (χ3n) is 2.98. The molecule has 116 valence electrons. The molecule has 0 aliphatic rings. The van der Waals surface area contributed by atoms with Crippen LogP contribution in [0.2, 0.25) is 5.02 Å². The summed E-state index contributed by atoms with van der Waals surface area (Å²) in [7, 11) is -3.86. The fraction of sp³-hybridized carbons (Fsp3) is 0.133. The summed E-state index contributed by atoms with van der Waals surface area (Å²) < 4.78 is 26.9. The number of carbonyl (C=O) groups excluding carboxylic acids is 1. The molecule has 0 saturated carbocycles. The van der Waals surface area contributed by atoms with Crippen LogP contribution in [0.3, 0.4) is 0 Å². The number of hydrogen-bond acceptors (Lipinski definition) is 3. The van der Waals surface area contributed by atoms with Gasteiger partial charge < -0.3 is 0 Å². The Labute approximate surface area is 139 Å². The van der Waals surface area contributed by atoms with Crippen LogP contribution in [0.5, 0.6) is 0 Å². The minimum absolute atomic E-state index is 0.0212. The maximum Gasteiger partial charge on any atom is 0.241 e. The predicted molar refractivity (Wildman–Crippen MR) is 86.6 cm³/mol. The molecule has 2 aromatic carbocycles. The van der Waals surface area contributed by atoms with Gasteiger partial charge in [-0.15, -0.1) is 0 Å². The van der Waals surface area contributed by atoms with Crippen LogP contribution in [0.25, 0.3) is 0 Å². The van der Waals surface area contributed by atoms with E-state index in [2.05, 4.69) is 4.72 Å². The first-order valence-corrected chi connectivity index (χ1v) is 8.63. The molecular weight excluding hydrogens is 345 g/mol. The van der Waals surface area contributed by atoms with Crippen molar-refractivity contribution in [2.75, 3.05) is 0 Å². The van der Waals surface area contributed by atoms with Crippen molar-refractivity contribution in [3.05, 3.63) is 65.2 Å². The van der Waals surface area contributed by atoms with E-state index in [0.29, 0.717) is 5.02 Å². The molecule has 0 aliphatic heterocycles. The van der Waals surface area contributed by atoms with Gasteiger partial charge in [-0.05, 0) is 47.9 Å². The second-order valence-corrected chi connectivity index (χ2v) is 7.14. The summed E-state index contributed by atoms with van der Waals surface area (Å²) in [6.07, 6.45) is 0.177. The largest absolute Gasteiger partial charge is 0.279 e. The van der Waals surface area contributed by atoms with Crippen LogP contribution in [0.4, 0.5) is 0 Å². The monoisotopic (exact) mass is 357 g/mol. The Morgan fingerprint density at radius 2 is 1.64 bits per heavy atom. The Balaban J connectivity index is 2.20. The molecule has 0 aliphatic carbocycles. The number of sulfonamides is 1. The van der Waals surface area contributed by atoms with Gasteiger partial charge in [-0.1, -0.05) is 41.9 Å². The summed E-state index contributed by atoms with van der Waals surface area (Å²) in [4.78, 5) is 11.5. The number of hydrogen-bond donors (Lipinski definition) is 1. The van der Waals surface area contributed by atoms with Gasteiger partial charge in [0.05, 0.1) is 10.9 Å². The van der Waals surface area contributed by atoms with Gasteiger partial charge in [0.25, 0.3) is 0 Å². The Kier molecular flexibility index (Phi) is 5.58. The summed E-state index contributed by atoms with van der Waals surface area (Å²) in [5.74, 6) is 0. The maximum atomic E-state index is 12.3. The lowest BCUT2D eigenvalue weighted by molar-refractivity contribution is -0.113. The van der Waals surface area contributed by atoms with Gasteiger partial charge in [-0.3, -0.25) is 4.79 Å². The molecule has 0 fully saturated rings. The van der Waals surface area contributed by atoms with E-state index in [-0.39, 0.29) is 11.3 Å². The van der Waals surface area contributed by atoms with Crippen molar-refractivity contribution in [2.24, 2.45) is 0 Å². The zero-order chi connectivity index (χ0) is 16.2. The van der Waals surface area contributed by atoms with Gasteiger partial charge in [-0.25, -0.2) is 8.42 Å². The minimum Gasteiger partial charge on any atom is -0.279 e. The molecule has 0 amide bonds. The lowest BCUT2D eigenvalue weighted by Gasteiger charge is -2.15. The summed E-state index contributed by atoms with van der Waals surface area (Å²) >= 11 is 11.3. The topological polar surface area (TPSA) is 63.2 Å². The van der Waals surface area contributed by atoms with Gasteiger partial charge in [0.2, 0.25) is 15.3 Å². The summed E-state index contributed by atoms with van der Waals surface area (Å²) in [6.45, 7) is 0. The summed E-state index contributed by atoms with van der Waals surface area (Å²) in [5.41, 5.74) is 0.806. The molecule has 0 bridgehead atoms. The van der Waals surface area contributed by atoms with Crippen LogP contribution in [-0.4, -0.2) is 19.7 Å². The molecule has 1 N–H and O–H groups in total. The first-order chi connectivity index (χ1) is 10.4. The van der Waals surface area contributed by atoms with E-state index in [0.717, 1.165) is 5.56 Å². The van der Waals surface area contributed by atoms with Crippen molar-refractivity contribution in [1.82, 2.24) is 4.72 Å². The van der Waals surface area contributed by atoms with E-state index >= 15 is 0 Å². The van der Waals surface area contributed by atoms with Crippen molar-refractivity contribution in [3.8, 4) is 0 Å². The third kappa shape index (κ3) is 4.55. The maximum absolute atomic E-state index is 12.3. The molecule has 22 heavy (non-hydrogen) atoms. The van der Waals surface area contributed by atoms with Crippen LogP contribution in [0.15, 0.2) is 59.5 Å². The second-order valence-electron chi connectivity index (χ2n) is 4.62. The summed E-state index contributed by atoms with van der Waals surface area (Å²) in [6, 6.07) is 13.6. The Morgan fingerprint density at radius 3 is 2.18 bits per heavy atom. The van der Waals surface area contributed by atoms with E-state index in [1.54, 1.807) is 24.3 Å². The Hall–Kier alpha value is -1.40. The Morgan fingerprint density at radius 1 is 1.05 bits per heavy atom. The number of nitrogens with one attached hydrogen (secondary N) is 1. The highest BCUT2D eigenvalue weighted by atomic mass is 35.5. The van der Waals surface area contributed by atoms with Crippen LogP contribution in [0, 0.1) is 0 Å². The van der Waals surface area contributed by atoms with Crippen LogP contribution < -0.4 is 4.72 Å². The minimum atomic E-state index is -3.86. The zero-order valence-electron chi connectivity index (χ0n) is 11.4. The van der Waals surface area contributed by atoms with Gasteiger partial charge >= 0.3 is 0 Å². The first kappa shape index (κ1) is 17.0. The van der Waals surface area contributed by atoms with E-state index in [9.17, 15) is 13.2 Å². The van der Waals surface area contributed by atoms with Gasteiger partial charge in [0.1, 0.15) is 0 Å². The van der Waals surface area contributed by atoms with Gasteiger partial charge in [0.15, 0.2) is 0 Å². The van der Waals surface area contributed by atoms with Crippen LogP contribution in [0.1, 0.15) is 5.56 Å². The first-order valence-electron chi connectivity index (χ1n) is 6.39. The van der Waals surface area contributed by atoms with Crippen molar-refractivity contribution in [2.45, 2.75) is 17.4 Å². The van der Waals surface area contributed by atoms with E-state index < -0.39 is 21.3 Å². The second kappa shape index (κ2) is 7.24. The lowest BCUT2D eigenvalue weighted by atomic mass is 10.1. The molecule has 4 nitrogen and oxygen atoms in total. The molecular formula is C15H13Cl2NO3S. The highest BCUT2D eigenvalue weighted by Gasteiger charge is 2.24. The van der Waals surface area contributed by atoms with Crippen molar-refractivity contribution < 1.29 is 13.2 Å². The Bertz CT molecular complexity index is 746. The highest BCUT2D eigenvalue weighted by molar-refractivity contribution is 7.89. The third-order valence-corrected chi connectivity index (χ3v) is 4.98. The number of carbonyl (C=O) groups is 1. The van der Waals surface area contributed by atoms with Crippen molar-refractivity contribution in [1.29, 1.82) is 0 Å². The molecule has 7 heteroatoms. The van der Waals surface area contributed by atoms with Crippen molar-refractivity contribution in [3.63, 3.8) is 0 Å². The smallest absolute Gasteiger partial charge is 0.241 e. The van der Waals surface area contributed by atoms with E-state index in [1.165, 1.54) is 24.3 Å². The molecule has 0 saturated heterocycles. The number of rotatable bonds is 6. The van der Waals surface area contributed by atoms with Crippen molar-refractivity contribution >= 4 is 38.5 Å². The fourth-order valence-electron chi connectivity index (χ4n) is 1.89. The zero-order valence-corrected chi connectivity index (χ0v) is 13.7.